The van der Waals surface area contributed by atoms with Gasteiger partial charge in [-0.2, -0.15) is 5.10 Å². The van der Waals surface area contributed by atoms with Gasteiger partial charge in [0, 0.05) is 38.7 Å². The van der Waals surface area contributed by atoms with Gasteiger partial charge in [0.2, 0.25) is 11.8 Å². The van der Waals surface area contributed by atoms with E-state index in [-0.39, 0.29) is 11.8 Å². The first kappa shape index (κ1) is 38.1. The van der Waals surface area contributed by atoms with Gasteiger partial charge in [-0.1, -0.05) is 80.6 Å². The molecular formula is C36H51N5O2S. The Morgan fingerprint density at radius 2 is 1.70 bits per heavy atom. The average Bonchev–Trinajstić information content (AvgIpc) is 2.99. The van der Waals surface area contributed by atoms with Crippen molar-refractivity contribution >= 4 is 29.4 Å². The molecular weight excluding hydrogens is 566 g/mol. The number of amides is 2. The molecule has 1 N–H and O–H groups in total. The number of aromatic nitrogens is 2. The lowest BCUT2D eigenvalue weighted by Crippen LogP contribution is -2.30. The molecule has 0 aliphatic rings. The molecule has 0 aliphatic carbocycles. The number of unbranched alkanes of at least 4 members (excludes halogenated alkanes) is 1. The first-order chi connectivity index (χ1) is 21.0. The molecule has 0 spiro atoms. The zero-order valence-electron chi connectivity index (χ0n) is 27.5. The van der Waals surface area contributed by atoms with Gasteiger partial charge in [0.25, 0.3) is 0 Å². The maximum absolute atomic E-state index is 12.6. The number of hydrogen-bond donors (Lipinski definition) is 1. The molecule has 0 fully saturated rings. The average molecular weight is 618 g/mol. The van der Waals surface area contributed by atoms with Crippen molar-refractivity contribution < 1.29 is 9.59 Å². The van der Waals surface area contributed by atoms with Crippen molar-refractivity contribution in [3.63, 3.8) is 0 Å². The van der Waals surface area contributed by atoms with E-state index in [1.54, 1.807) is 30.0 Å². The van der Waals surface area contributed by atoms with Gasteiger partial charge in [0.05, 0.1) is 17.1 Å². The molecule has 44 heavy (non-hydrogen) atoms. The maximum Gasteiger partial charge on any atom is 0.229 e. The van der Waals surface area contributed by atoms with Crippen LogP contribution >= 0.6 is 11.8 Å². The van der Waals surface area contributed by atoms with E-state index in [2.05, 4.69) is 48.4 Å². The number of nitrogens with zero attached hydrogens (tertiary/aromatic N) is 4. The molecule has 0 radical (unpaired) electrons. The third-order valence-electron chi connectivity index (χ3n) is 6.96. The quantitative estimate of drug-likeness (QED) is 0.110. The minimum absolute atomic E-state index is 0.103. The van der Waals surface area contributed by atoms with Crippen molar-refractivity contribution in [3.8, 4) is 0 Å². The SMILES string of the molecule is C=C/C=C(\C)CC(=O)Nc1ccc(CCCCC(=C)SC(=C)N(C)C(=C)CC(/C=C(\C=C)CC(=O)N(CC)CC)=C/C)nn1. The highest BCUT2D eigenvalue weighted by Crippen LogP contribution is 2.31. The molecule has 0 aromatic carbocycles. The number of allylic oxidation sites excluding steroid dienone is 7. The van der Waals surface area contributed by atoms with Crippen molar-refractivity contribution in [1.29, 1.82) is 0 Å². The number of carbonyl (C=O) groups excluding carboxylic acids is 2. The lowest BCUT2D eigenvalue weighted by atomic mass is 10.0. The van der Waals surface area contributed by atoms with Crippen molar-refractivity contribution in [3.05, 3.63) is 113 Å². The summed E-state index contributed by atoms with van der Waals surface area (Å²) < 4.78 is 0. The number of thioether (sulfide) groups is 1. The van der Waals surface area contributed by atoms with Crippen LogP contribution in [0.5, 0.6) is 0 Å². The summed E-state index contributed by atoms with van der Waals surface area (Å²) in [6.07, 6.45) is 14.1. The van der Waals surface area contributed by atoms with Crippen LogP contribution in [0.2, 0.25) is 0 Å². The second-order valence-electron chi connectivity index (χ2n) is 10.5. The summed E-state index contributed by atoms with van der Waals surface area (Å²) in [5.74, 6) is 0.420. The summed E-state index contributed by atoms with van der Waals surface area (Å²) in [5.41, 5.74) is 4.67. The maximum atomic E-state index is 12.6. The normalized spacial score (nSPS) is 11.9. The first-order valence-electron chi connectivity index (χ1n) is 15.1. The van der Waals surface area contributed by atoms with Crippen molar-refractivity contribution in [2.45, 2.75) is 72.6 Å². The van der Waals surface area contributed by atoms with Gasteiger partial charge < -0.3 is 15.1 Å². The predicted octanol–water partition coefficient (Wildman–Crippen LogP) is 8.52. The minimum Gasteiger partial charge on any atom is -0.343 e. The molecule has 8 heteroatoms. The molecule has 0 bridgehead atoms. The van der Waals surface area contributed by atoms with E-state index in [9.17, 15) is 9.59 Å². The highest BCUT2D eigenvalue weighted by atomic mass is 32.2. The van der Waals surface area contributed by atoms with Crippen LogP contribution in [0, 0.1) is 0 Å². The van der Waals surface area contributed by atoms with Crippen LogP contribution in [0.1, 0.15) is 71.9 Å². The van der Waals surface area contributed by atoms with Crippen LogP contribution in [-0.2, 0) is 16.0 Å². The minimum atomic E-state index is -0.130. The topological polar surface area (TPSA) is 78.4 Å². The second-order valence-corrected chi connectivity index (χ2v) is 11.7. The highest BCUT2D eigenvalue weighted by Gasteiger charge is 2.13. The van der Waals surface area contributed by atoms with E-state index in [0.717, 1.165) is 63.7 Å². The van der Waals surface area contributed by atoms with Crippen LogP contribution in [0.15, 0.2) is 108 Å². The third-order valence-corrected chi connectivity index (χ3v) is 7.96. The molecule has 238 valence electrons. The number of carbonyl (C=O) groups is 2. The number of nitrogens with one attached hydrogen (secondary N) is 1. The fourth-order valence-corrected chi connectivity index (χ4v) is 5.07. The van der Waals surface area contributed by atoms with Gasteiger partial charge >= 0.3 is 0 Å². The molecule has 0 aliphatic heterocycles. The Morgan fingerprint density at radius 3 is 2.27 bits per heavy atom. The van der Waals surface area contributed by atoms with Gasteiger partial charge in [0.1, 0.15) is 0 Å². The Kier molecular flexibility index (Phi) is 18.1. The van der Waals surface area contributed by atoms with Crippen LogP contribution in [-0.4, -0.2) is 51.9 Å². The van der Waals surface area contributed by atoms with Gasteiger partial charge in [-0.25, -0.2) is 0 Å². The monoisotopic (exact) mass is 617 g/mol. The Labute approximate surface area is 270 Å². The van der Waals surface area contributed by atoms with Gasteiger partial charge in [-0.15, -0.1) is 5.10 Å². The van der Waals surface area contributed by atoms with Crippen LogP contribution < -0.4 is 5.32 Å². The molecule has 1 aromatic rings. The molecule has 1 heterocycles. The summed E-state index contributed by atoms with van der Waals surface area (Å²) in [6, 6.07) is 3.68. The molecule has 0 unspecified atom stereocenters. The van der Waals surface area contributed by atoms with E-state index in [1.165, 1.54) is 0 Å². The smallest absolute Gasteiger partial charge is 0.229 e. The summed E-state index contributed by atoms with van der Waals surface area (Å²) in [5, 5.41) is 12.0. The fraction of sp³-hybridized carbons (Fsp3) is 0.389. The lowest BCUT2D eigenvalue weighted by Gasteiger charge is -2.24. The Hall–Kier alpha value is -3.91. The summed E-state index contributed by atoms with van der Waals surface area (Å²) in [4.78, 5) is 29.5. The Morgan fingerprint density at radius 1 is 1.00 bits per heavy atom. The lowest BCUT2D eigenvalue weighted by molar-refractivity contribution is -0.130. The molecule has 2 amide bonds. The van der Waals surface area contributed by atoms with Crippen molar-refractivity contribution in [2.24, 2.45) is 0 Å². The largest absolute Gasteiger partial charge is 0.343 e. The van der Waals surface area contributed by atoms with Crippen LogP contribution in [0.3, 0.4) is 0 Å². The number of rotatable bonds is 21. The summed E-state index contributed by atoms with van der Waals surface area (Å²) >= 11 is 1.56. The highest BCUT2D eigenvalue weighted by molar-refractivity contribution is 8.06. The van der Waals surface area contributed by atoms with E-state index in [4.69, 9.17) is 0 Å². The first-order valence-corrected chi connectivity index (χ1v) is 15.9. The third kappa shape index (κ3) is 14.5. The fourth-order valence-electron chi connectivity index (χ4n) is 4.22. The number of anilines is 1. The Bertz CT molecular complexity index is 1270. The molecule has 7 nitrogen and oxygen atoms in total. The standard InChI is InChI=1S/C36H51N5O2S/c1-11-18-27(6)23-35(42)37-34-22-21-33(38-39-34)20-17-16-19-29(8)44-30(9)40(10)28(7)24-31(12-2)25-32(13-3)26-36(43)41(14-4)15-5/h11-13,18,21-22,25H,1,3,7-9,14-17,19-20,23-24,26H2,2,4-6,10H3,(H,37,39,42)/b27-18+,31-12-,32-25+. The van der Waals surface area contributed by atoms with Gasteiger partial charge in [0.15, 0.2) is 5.82 Å². The number of hydrogen-bond acceptors (Lipinski definition) is 6. The number of aryl methyl sites for hydroxylation is 1. The van der Waals surface area contributed by atoms with E-state index in [0.29, 0.717) is 38.2 Å². The zero-order valence-corrected chi connectivity index (χ0v) is 28.3. The van der Waals surface area contributed by atoms with Gasteiger partial charge in [-0.3, -0.25) is 9.59 Å². The molecule has 0 saturated carbocycles. The van der Waals surface area contributed by atoms with E-state index >= 15 is 0 Å². The second kappa shape index (κ2) is 20.9. The molecule has 0 saturated heterocycles. The molecule has 1 rings (SSSR count). The predicted molar refractivity (Wildman–Crippen MR) is 189 cm³/mol. The zero-order chi connectivity index (χ0) is 33.1. The van der Waals surface area contributed by atoms with E-state index in [1.807, 2.05) is 68.8 Å². The molecule has 1 aromatic heterocycles. The van der Waals surface area contributed by atoms with Crippen LogP contribution in [0.25, 0.3) is 0 Å². The van der Waals surface area contributed by atoms with E-state index < -0.39 is 0 Å². The Balaban J connectivity index is 2.51. The summed E-state index contributed by atoms with van der Waals surface area (Å²) in [6.45, 7) is 29.6. The van der Waals surface area contributed by atoms with Gasteiger partial charge in [-0.05, 0) is 81.6 Å². The molecule has 0 atom stereocenters. The van der Waals surface area contributed by atoms with Crippen molar-refractivity contribution in [1.82, 2.24) is 20.0 Å². The van der Waals surface area contributed by atoms with Crippen LogP contribution in [0.4, 0.5) is 5.82 Å². The summed E-state index contributed by atoms with van der Waals surface area (Å²) in [7, 11) is 1.96. The van der Waals surface area contributed by atoms with Crippen molar-refractivity contribution in [2.75, 3.05) is 25.5 Å².